The van der Waals surface area contributed by atoms with E-state index in [-0.39, 0.29) is 13.0 Å². The highest BCUT2D eigenvalue weighted by atomic mass is 32.2. The number of alkyl halides is 3. The number of nitrogens with one attached hydrogen (secondary N) is 1. The lowest BCUT2D eigenvalue weighted by Crippen LogP contribution is -2.57. The molecule has 1 saturated carbocycles. The molecule has 1 amide bonds. The van der Waals surface area contributed by atoms with Crippen LogP contribution in [0.2, 0.25) is 0 Å². The van der Waals surface area contributed by atoms with E-state index >= 15 is 0 Å². The van der Waals surface area contributed by atoms with E-state index in [1.54, 1.807) is 24.3 Å². The van der Waals surface area contributed by atoms with Gasteiger partial charge in [0.1, 0.15) is 0 Å². The average Bonchev–Trinajstić information content (AvgIpc) is 2.86. The molecular weight excluding hydrogens is 385 g/mol. The van der Waals surface area contributed by atoms with Crippen LogP contribution in [0.1, 0.15) is 31.2 Å². The van der Waals surface area contributed by atoms with E-state index in [0.717, 1.165) is 6.26 Å². The third-order valence-electron chi connectivity index (χ3n) is 5.51. The molecule has 2 N–H and O–H groups in total. The summed E-state index contributed by atoms with van der Waals surface area (Å²) in [6, 6.07) is 6.13. The number of carbonyl (C=O) groups excluding carboxylic acids is 1. The van der Waals surface area contributed by atoms with Gasteiger partial charge in [-0.2, -0.15) is 13.2 Å². The molecule has 0 radical (unpaired) electrons. The van der Waals surface area contributed by atoms with Gasteiger partial charge < -0.3 is 10.4 Å². The number of benzene rings is 1. The third kappa shape index (κ3) is 3.29. The Balaban J connectivity index is 2.00. The van der Waals surface area contributed by atoms with Gasteiger partial charge in [-0.05, 0) is 37.3 Å². The molecule has 150 valence electrons. The van der Waals surface area contributed by atoms with Crippen molar-refractivity contribution in [3.63, 3.8) is 0 Å². The van der Waals surface area contributed by atoms with Crippen LogP contribution in [0.15, 0.2) is 24.3 Å². The number of carbonyl (C=O) groups is 1. The zero-order chi connectivity index (χ0) is 20.0. The number of halogens is 3. The largest absolute Gasteiger partial charge is 0.471 e. The Morgan fingerprint density at radius 2 is 2.00 bits per heavy atom. The number of fused-ring (bicyclic) bond motifs is 3. The van der Waals surface area contributed by atoms with E-state index in [0.29, 0.717) is 30.5 Å². The first-order chi connectivity index (χ1) is 12.5. The second-order valence-electron chi connectivity index (χ2n) is 7.08. The molecule has 0 saturated heterocycles. The van der Waals surface area contributed by atoms with E-state index in [1.807, 2.05) is 5.32 Å². The maximum Gasteiger partial charge on any atom is 0.471 e. The Kier molecular flexibility index (Phi) is 4.92. The molecule has 27 heavy (non-hydrogen) atoms. The lowest BCUT2D eigenvalue weighted by molar-refractivity contribution is -0.173. The molecule has 1 heterocycles. The van der Waals surface area contributed by atoms with E-state index in [2.05, 4.69) is 0 Å². The molecule has 0 unspecified atom stereocenters. The summed E-state index contributed by atoms with van der Waals surface area (Å²) >= 11 is 0. The number of amides is 1. The fourth-order valence-electron chi connectivity index (χ4n) is 4.52. The lowest BCUT2D eigenvalue weighted by Gasteiger charge is -2.45. The minimum absolute atomic E-state index is 0.00366. The van der Waals surface area contributed by atoms with Gasteiger partial charge in [-0.1, -0.05) is 18.2 Å². The number of hydrogen-bond donors (Lipinski definition) is 2. The van der Waals surface area contributed by atoms with Gasteiger partial charge in [0.15, 0.2) is 0 Å². The molecule has 1 aromatic carbocycles. The minimum atomic E-state index is -4.99. The summed E-state index contributed by atoms with van der Waals surface area (Å²) in [7, 11) is -3.66. The van der Waals surface area contributed by atoms with Crippen LogP contribution in [0.25, 0.3) is 0 Å². The van der Waals surface area contributed by atoms with Crippen LogP contribution >= 0.6 is 0 Å². The van der Waals surface area contributed by atoms with E-state index in [9.17, 15) is 31.5 Å². The van der Waals surface area contributed by atoms with Crippen molar-refractivity contribution in [2.45, 2.75) is 49.4 Å². The summed E-state index contributed by atoms with van der Waals surface area (Å²) in [6.45, 7) is -0.322. The fourth-order valence-corrected chi connectivity index (χ4v) is 5.79. The van der Waals surface area contributed by atoms with Crippen molar-refractivity contribution in [3.05, 3.63) is 29.8 Å². The molecule has 1 aromatic rings. The highest BCUT2D eigenvalue weighted by molar-refractivity contribution is 7.92. The van der Waals surface area contributed by atoms with E-state index in [4.69, 9.17) is 0 Å². The highest BCUT2D eigenvalue weighted by Gasteiger charge is 2.58. The summed E-state index contributed by atoms with van der Waals surface area (Å²) < 4.78 is 63.6. The molecule has 0 bridgehead atoms. The number of nitrogens with zero attached hydrogens (tertiary/aromatic N) is 1. The fraction of sp³-hybridized carbons (Fsp3) is 0.588. The maximum atomic E-state index is 12.5. The zero-order valence-electron chi connectivity index (χ0n) is 14.7. The average molecular weight is 406 g/mol. The second-order valence-corrected chi connectivity index (χ2v) is 8.94. The van der Waals surface area contributed by atoms with Gasteiger partial charge in [-0.3, -0.25) is 9.10 Å². The molecule has 0 spiro atoms. The number of rotatable bonds is 4. The van der Waals surface area contributed by atoms with Gasteiger partial charge in [0.25, 0.3) is 0 Å². The molecule has 10 heteroatoms. The Bertz CT molecular complexity index is 843. The number of para-hydroxylation sites is 1. The van der Waals surface area contributed by atoms with Crippen molar-refractivity contribution in [2.75, 3.05) is 17.1 Å². The van der Waals surface area contributed by atoms with Gasteiger partial charge in [0.2, 0.25) is 10.0 Å². The van der Waals surface area contributed by atoms with Crippen molar-refractivity contribution in [1.29, 1.82) is 0 Å². The Hall–Kier alpha value is -1.81. The molecular formula is C17H21F3N2O4S. The van der Waals surface area contributed by atoms with Crippen LogP contribution in [0, 0.1) is 0 Å². The number of aliphatic hydroxyl groups excluding tert-OH is 1. The minimum Gasteiger partial charge on any atom is -0.392 e. The first-order valence-electron chi connectivity index (χ1n) is 8.61. The molecule has 1 fully saturated rings. The molecule has 1 aliphatic heterocycles. The standard InChI is InChI=1S/C17H21F3N2O4S/c1-27(25,26)22-12-6-3-2-5-11(12)16(13(22)7-4-8-14(16)23)9-10-21-15(24)17(18,19)20/h2-3,5-6,13-14,23H,4,7-10H2,1H3,(H,21,24)/t13-,14+,16-/m0/s1. The monoisotopic (exact) mass is 406 g/mol. The van der Waals surface area contributed by atoms with Crippen molar-refractivity contribution in [2.24, 2.45) is 0 Å². The number of sulfonamides is 1. The topological polar surface area (TPSA) is 86.7 Å². The predicted octanol–water partition coefficient (Wildman–Crippen LogP) is 1.69. The first kappa shape index (κ1) is 19.9. The van der Waals surface area contributed by atoms with Crippen LogP contribution in [0.5, 0.6) is 0 Å². The quantitative estimate of drug-likeness (QED) is 0.797. The van der Waals surface area contributed by atoms with Crippen LogP contribution in [-0.4, -0.2) is 50.6 Å². The Morgan fingerprint density at radius 3 is 2.63 bits per heavy atom. The first-order valence-corrected chi connectivity index (χ1v) is 10.5. The second kappa shape index (κ2) is 6.66. The Morgan fingerprint density at radius 1 is 1.33 bits per heavy atom. The number of aliphatic hydroxyl groups is 1. The smallest absolute Gasteiger partial charge is 0.392 e. The van der Waals surface area contributed by atoms with Crippen LogP contribution in [0.4, 0.5) is 18.9 Å². The Labute approximate surface area is 155 Å². The SMILES string of the molecule is CS(=O)(=O)N1c2ccccc2[C@]2(CCNC(=O)C(F)(F)F)[C@H](O)CCC[C@H]12. The van der Waals surface area contributed by atoms with E-state index < -0.39 is 39.7 Å². The van der Waals surface area contributed by atoms with Gasteiger partial charge in [-0.25, -0.2) is 8.42 Å². The molecule has 6 nitrogen and oxygen atoms in total. The summed E-state index contributed by atoms with van der Waals surface area (Å²) in [4.78, 5) is 11.1. The van der Waals surface area contributed by atoms with Crippen LogP contribution in [-0.2, 0) is 20.2 Å². The molecule has 0 aromatic heterocycles. The van der Waals surface area contributed by atoms with Crippen molar-refractivity contribution in [3.8, 4) is 0 Å². The number of hydrogen-bond acceptors (Lipinski definition) is 4. The normalized spacial score (nSPS) is 27.8. The van der Waals surface area contributed by atoms with Gasteiger partial charge in [-0.15, -0.1) is 0 Å². The number of anilines is 1. The van der Waals surface area contributed by atoms with Crippen LogP contribution in [0.3, 0.4) is 0 Å². The third-order valence-corrected chi connectivity index (χ3v) is 6.68. The van der Waals surface area contributed by atoms with Crippen molar-refractivity contribution >= 4 is 21.6 Å². The van der Waals surface area contributed by atoms with E-state index in [1.165, 1.54) is 4.31 Å². The summed E-state index contributed by atoms with van der Waals surface area (Å²) in [5.74, 6) is -2.05. The molecule has 3 rings (SSSR count). The van der Waals surface area contributed by atoms with Crippen LogP contribution < -0.4 is 9.62 Å². The summed E-state index contributed by atoms with van der Waals surface area (Å²) in [5, 5.41) is 12.7. The zero-order valence-corrected chi connectivity index (χ0v) is 15.5. The maximum absolute atomic E-state index is 12.5. The molecule has 2 aliphatic rings. The molecule has 3 atom stereocenters. The van der Waals surface area contributed by atoms with Crippen molar-refractivity contribution < 1.29 is 31.5 Å². The predicted molar refractivity (Wildman–Crippen MR) is 92.8 cm³/mol. The molecule has 1 aliphatic carbocycles. The van der Waals surface area contributed by atoms with Crippen molar-refractivity contribution in [1.82, 2.24) is 5.32 Å². The highest BCUT2D eigenvalue weighted by Crippen LogP contribution is 2.54. The summed E-state index contributed by atoms with van der Waals surface area (Å²) in [5.41, 5.74) is -0.0291. The lowest BCUT2D eigenvalue weighted by atomic mass is 9.64. The van der Waals surface area contributed by atoms with Gasteiger partial charge in [0.05, 0.1) is 24.1 Å². The van der Waals surface area contributed by atoms with Gasteiger partial charge >= 0.3 is 12.1 Å². The van der Waals surface area contributed by atoms with Gasteiger partial charge in [0, 0.05) is 12.0 Å². The summed E-state index contributed by atoms with van der Waals surface area (Å²) in [6.07, 6.45) is -3.35.